The molecule has 0 saturated heterocycles. The van der Waals surface area contributed by atoms with Gasteiger partial charge in [-0.15, -0.1) is 0 Å². The number of ether oxygens (including phenoxy) is 2. The summed E-state index contributed by atoms with van der Waals surface area (Å²) in [6, 6.07) is 6.65. The van der Waals surface area contributed by atoms with E-state index in [0.29, 0.717) is 24.4 Å². The molecule has 0 aliphatic heterocycles. The Morgan fingerprint density at radius 1 is 1.32 bits per heavy atom. The van der Waals surface area contributed by atoms with Gasteiger partial charge < -0.3 is 20.5 Å². The molecule has 0 bridgehead atoms. The van der Waals surface area contributed by atoms with Crippen LogP contribution in [0.15, 0.2) is 24.3 Å². The molecule has 0 atom stereocenters. The molecule has 0 aromatic heterocycles. The summed E-state index contributed by atoms with van der Waals surface area (Å²) >= 11 is 0. The first-order chi connectivity index (χ1) is 9.19. The van der Waals surface area contributed by atoms with Gasteiger partial charge in [-0.2, -0.15) is 0 Å². The van der Waals surface area contributed by atoms with Crippen molar-refractivity contribution in [3.8, 4) is 0 Å². The van der Waals surface area contributed by atoms with E-state index < -0.39 is 5.97 Å². The van der Waals surface area contributed by atoms with Crippen LogP contribution in [0.3, 0.4) is 0 Å². The normalized spacial score (nSPS) is 10.0. The minimum atomic E-state index is -0.471. The van der Waals surface area contributed by atoms with Gasteiger partial charge >= 0.3 is 5.97 Å². The lowest BCUT2D eigenvalue weighted by Crippen LogP contribution is -2.22. The maximum Gasteiger partial charge on any atom is 0.340 e. The van der Waals surface area contributed by atoms with Gasteiger partial charge in [0.2, 0.25) is 5.91 Å². The predicted molar refractivity (Wildman–Crippen MR) is 70.9 cm³/mol. The number of hydrogen-bond donors (Lipinski definition) is 2. The average molecular weight is 266 g/mol. The van der Waals surface area contributed by atoms with E-state index in [1.54, 1.807) is 31.2 Å². The smallest absolute Gasteiger partial charge is 0.340 e. The quantitative estimate of drug-likeness (QED) is 0.562. The lowest BCUT2D eigenvalue weighted by Gasteiger charge is -2.10. The van der Waals surface area contributed by atoms with E-state index in [1.807, 2.05) is 0 Å². The van der Waals surface area contributed by atoms with Crippen molar-refractivity contribution in [1.82, 2.24) is 0 Å². The number of carbonyl (C=O) groups excluding carboxylic acids is 2. The summed E-state index contributed by atoms with van der Waals surface area (Å²) in [6.45, 7) is 2.56. The lowest BCUT2D eigenvalue weighted by atomic mass is 10.2. The van der Waals surface area contributed by atoms with Crippen LogP contribution in [-0.4, -0.2) is 38.2 Å². The lowest BCUT2D eigenvalue weighted by molar-refractivity contribution is -0.120. The SMILES string of the molecule is CCOC(=O)c1ccccc1NC(=O)COCCN. The van der Waals surface area contributed by atoms with Gasteiger partial charge in [-0.25, -0.2) is 4.79 Å². The molecule has 104 valence electrons. The maximum absolute atomic E-state index is 11.7. The monoisotopic (exact) mass is 266 g/mol. The molecule has 3 N–H and O–H groups in total. The van der Waals surface area contributed by atoms with Crippen LogP contribution in [0.1, 0.15) is 17.3 Å². The third-order valence-corrected chi connectivity index (χ3v) is 2.19. The first-order valence-electron chi connectivity index (χ1n) is 6.02. The Morgan fingerprint density at radius 2 is 2.05 bits per heavy atom. The van der Waals surface area contributed by atoms with Crippen LogP contribution < -0.4 is 11.1 Å². The first kappa shape index (κ1) is 15.1. The molecule has 6 heteroatoms. The van der Waals surface area contributed by atoms with Crippen molar-refractivity contribution in [2.45, 2.75) is 6.92 Å². The minimum Gasteiger partial charge on any atom is -0.462 e. The van der Waals surface area contributed by atoms with E-state index in [2.05, 4.69) is 5.32 Å². The number of nitrogens with one attached hydrogen (secondary N) is 1. The van der Waals surface area contributed by atoms with Crippen molar-refractivity contribution >= 4 is 17.6 Å². The molecule has 0 fully saturated rings. The van der Waals surface area contributed by atoms with Crippen molar-refractivity contribution < 1.29 is 19.1 Å². The molecule has 0 heterocycles. The molecule has 0 unspecified atom stereocenters. The van der Waals surface area contributed by atoms with E-state index in [0.717, 1.165) is 0 Å². The largest absolute Gasteiger partial charge is 0.462 e. The Labute approximate surface area is 111 Å². The second-order valence-corrected chi connectivity index (χ2v) is 3.66. The van der Waals surface area contributed by atoms with Gasteiger partial charge in [-0.3, -0.25) is 4.79 Å². The number of nitrogens with two attached hydrogens (primary N) is 1. The van der Waals surface area contributed by atoms with E-state index in [1.165, 1.54) is 0 Å². The van der Waals surface area contributed by atoms with E-state index in [-0.39, 0.29) is 19.1 Å². The molecule has 0 aliphatic carbocycles. The minimum absolute atomic E-state index is 0.103. The molecular formula is C13H18N2O4. The summed E-state index contributed by atoms with van der Waals surface area (Å²) in [5.74, 6) is -0.813. The third kappa shape index (κ3) is 5.07. The van der Waals surface area contributed by atoms with Crippen molar-refractivity contribution in [3.63, 3.8) is 0 Å². The van der Waals surface area contributed by atoms with E-state index >= 15 is 0 Å². The van der Waals surface area contributed by atoms with E-state index in [4.69, 9.17) is 15.2 Å². The highest BCUT2D eigenvalue weighted by Crippen LogP contribution is 2.16. The fraction of sp³-hybridized carbons (Fsp3) is 0.385. The number of rotatable bonds is 7. The maximum atomic E-state index is 11.7. The van der Waals surface area contributed by atoms with Crippen molar-refractivity contribution in [2.24, 2.45) is 5.73 Å². The Balaban J connectivity index is 2.67. The van der Waals surface area contributed by atoms with Crippen molar-refractivity contribution in [1.29, 1.82) is 0 Å². The Kier molecular flexibility index (Phi) is 6.56. The number of para-hydroxylation sites is 1. The van der Waals surface area contributed by atoms with Crippen LogP contribution in [0, 0.1) is 0 Å². The standard InChI is InChI=1S/C13H18N2O4/c1-2-19-13(17)10-5-3-4-6-11(10)15-12(16)9-18-8-7-14/h3-6H,2,7-9,14H2,1H3,(H,15,16). The van der Waals surface area contributed by atoms with Crippen LogP contribution in [0.5, 0.6) is 0 Å². The zero-order valence-electron chi connectivity index (χ0n) is 10.8. The predicted octanol–water partition coefficient (Wildman–Crippen LogP) is 0.777. The molecule has 1 aromatic rings. The van der Waals surface area contributed by atoms with Crippen LogP contribution in [0.2, 0.25) is 0 Å². The first-order valence-corrected chi connectivity index (χ1v) is 6.02. The van der Waals surface area contributed by atoms with Gasteiger partial charge in [-0.05, 0) is 19.1 Å². The number of esters is 1. The van der Waals surface area contributed by atoms with Gasteiger partial charge in [0.25, 0.3) is 0 Å². The molecule has 1 rings (SSSR count). The van der Waals surface area contributed by atoms with Crippen LogP contribution in [0.4, 0.5) is 5.69 Å². The fourth-order valence-corrected chi connectivity index (χ4v) is 1.41. The summed E-state index contributed by atoms with van der Waals surface area (Å²) in [5, 5.41) is 2.60. The zero-order chi connectivity index (χ0) is 14.1. The number of benzene rings is 1. The van der Waals surface area contributed by atoms with Gasteiger partial charge in [0, 0.05) is 6.54 Å². The Morgan fingerprint density at radius 3 is 2.74 bits per heavy atom. The highest BCUT2D eigenvalue weighted by atomic mass is 16.5. The molecule has 0 spiro atoms. The average Bonchev–Trinajstić information content (AvgIpc) is 2.40. The Hall–Kier alpha value is -1.92. The van der Waals surface area contributed by atoms with Crippen molar-refractivity contribution in [2.75, 3.05) is 31.7 Å². The highest BCUT2D eigenvalue weighted by Gasteiger charge is 2.13. The summed E-state index contributed by atoms with van der Waals surface area (Å²) in [4.78, 5) is 23.3. The van der Waals surface area contributed by atoms with Gasteiger partial charge in [0.05, 0.1) is 24.5 Å². The summed E-state index contributed by atoms with van der Waals surface area (Å²) in [5.41, 5.74) is 5.97. The molecule has 0 aliphatic rings. The number of amides is 1. The van der Waals surface area contributed by atoms with Crippen LogP contribution in [0.25, 0.3) is 0 Å². The summed E-state index contributed by atoms with van der Waals surface area (Å²) in [6.07, 6.45) is 0. The van der Waals surface area contributed by atoms with Gasteiger partial charge in [0.15, 0.2) is 0 Å². The van der Waals surface area contributed by atoms with Crippen LogP contribution >= 0.6 is 0 Å². The number of hydrogen-bond acceptors (Lipinski definition) is 5. The van der Waals surface area contributed by atoms with Crippen LogP contribution in [-0.2, 0) is 14.3 Å². The topological polar surface area (TPSA) is 90.6 Å². The summed E-state index contributed by atoms with van der Waals surface area (Å²) in [7, 11) is 0. The van der Waals surface area contributed by atoms with Crippen molar-refractivity contribution in [3.05, 3.63) is 29.8 Å². The molecular weight excluding hydrogens is 248 g/mol. The third-order valence-electron chi connectivity index (χ3n) is 2.19. The second kappa shape index (κ2) is 8.23. The molecule has 6 nitrogen and oxygen atoms in total. The Bertz CT molecular complexity index is 434. The molecule has 19 heavy (non-hydrogen) atoms. The molecule has 1 aromatic carbocycles. The highest BCUT2D eigenvalue weighted by molar-refractivity contribution is 6.01. The molecule has 0 saturated carbocycles. The number of anilines is 1. The summed E-state index contributed by atoms with van der Waals surface area (Å²) < 4.78 is 9.92. The molecule has 0 radical (unpaired) electrons. The van der Waals surface area contributed by atoms with Gasteiger partial charge in [-0.1, -0.05) is 12.1 Å². The van der Waals surface area contributed by atoms with E-state index in [9.17, 15) is 9.59 Å². The fourth-order valence-electron chi connectivity index (χ4n) is 1.41. The molecule has 1 amide bonds. The number of carbonyl (C=O) groups is 2. The van der Waals surface area contributed by atoms with Gasteiger partial charge in [0.1, 0.15) is 6.61 Å². The second-order valence-electron chi connectivity index (χ2n) is 3.66. The zero-order valence-corrected chi connectivity index (χ0v) is 10.8.